The highest BCUT2D eigenvalue weighted by molar-refractivity contribution is 5.90. The number of hydrogen-bond donors (Lipinski definition) is 0. The van der Waals surface area contributed by atoms with Crippen LogP contribution in [-0.2, 0) is 9.53 Å². The fourth-order valence-electron chi connectivity index (χ4n) is 2.08. The molecule has 0 N–H and O–H groups in total. The fraction of sp³-hybridized carbons (Fsp3) is 0.500. The van der Waals surface area contributed by atoms with Crippen molar-refractivity contribution < 1.29 is 14.3 Å². The first-order chi connectivity index (χ1) is 8.13. The quantitative estimate of drug-likeness (QED) is 0.803. The van der Waals surface area contributed by atoms with Crippen molar-refractivity contribution in [3.05, 3.63) is 29.8 Å². The molecule has 92 valence electrons. The lowest BCUT2D eigenvalue weighted by molar-refractivity contribution is -0.151. The Morgan fingerprint density at radius 3 is 2.59 bits per heavy atom. The van der Waals surface area contributed by atoms with Gasteiger partial charge < -0.3 is 9.47 Å². The number of rotatable bonds is 4. The highest BCUT2D eigenvalue weighted by atomic mass is 16.5. The lowest BCUT2D eigenvalue weighted by Gasteiger charge is -2.34. The molecule has 0 heterocycles. The molecule has 1 fully saturated rings. The average Bonchev–Trinajstić information content (AvgIpc) is 2.29. The Labute approximate surface area is 102 Å². The molecular weight excluding hydrogens is 216 g/mol. The van der Waals surface area contributed by atoms with Crippen LogP contribution < -0.4 is 4.74 Å². The van der Waals surface area contributed by atoms with Crippen LogP contribution in [0.25, 0.3) is 0 Å². The molecule has 0 aliphatic heterocycles. The molecule has 2 unspecified atom stereocenters. The zero-order chi connectivity index (χ0) is 12.4. The number of para-hydroxylation sites is 1. The smallest absolute Gasteiger partial charge is 0.169 e. The van der Waals surface area contributed by atoms with Crippen molar-refractivity contribution in [3.8, 4) is 5.75 Å². The minimum Gasteiger partial charge on any atom is -0.486 e. The molecule has 2 rings (SSSR count). The molecule has 1 aliphatic rings. The third-order valence-corrected chi connectivity index (χ3v) is 3.13. The molecule has 3 heteroatoms. The van der Waals surface area contributed by atoms with E-state index < -0.39 is 6.10 Å². The van der Waals surface area contributed by atoms with Gasteiger partial charge in [-0.15, -0.1) is 0 Å². The molecule has 2 atom stereocenters. The molecule has 0 radical (unpaired) electrons. The first kappa shape index (κ1) is 12.1. The van der Waals surface area contributed by atoms with Gasteiger partial charge >= 0.3 is 0 Å². The standard InChI is InChI=1S/C14H18O3/c1-9(2)10-6-4-5-7-12(10)17-13-8-11(15)14(13)16-3/h4-7,9,13-14H,8H2,1-3H3. The number of carbonyl (C=O) groups excluding carboxylic acids is 1. The minimum atomic E-state index is -0.393. The van der Waals surface area contributed by atoms with E-state index in [0.29, 0.717) is 12.3 Å². The zero-order valence-electron chi connectivity index (χ0n) is 10.5. The molecule has 1 aromatic carbocycles. The summed E-state index contributed by atoms with van der Waals surface area (Å²) in [6.07, 6.45) is -0.0760. The van der Waals surface area contributed by atoms with Gasteiger partial charge in [-0.1, -0.05) is 32.0 Å². The van der Waals surface area contributed by atoms with E-state index in [1.807, 2.05) is 18.2 Å². The van der Waals surface area contributed by atoms with Crippen LogP contribution in [0.3, 0.4) is 0 Å². The fourth-order valence-corrected chi connectivity index (χ4v) is 2.08. The monoisotopic (exact) mass is 234 g/mol. The van der Waals surface area contributed by atoms with Gasteiger partial charge in [-0.25, -0.2) is 0 Å². The van der Waals surface area contributed by atoms with Gasteiger partial charge in [-0.2, -0.15) is 0 Å². The van der Waals surface area contributed by atoms with Gasteiger partial charge in [-0.3, -0.25) is 4.79 Å². The van der Waals surface area contributed by atoms with Gasteiger partial charge in [0.2, 0.25) is 0 Å². The van der Waals surface area contributed by atoms with Crippen LogP contribution in [-0.4, -0.2) is 25.1 Å². The number of ketones is 1. The molecular formula is C14H18O3. The minimum absolute atomic E-state index is 0.125. The van der Waals surface area contributed by atoms with Crippen molar-refractivity contribution in [1.29, 1.82) is 0 Å². The molecule has 0 bridgehead atoms. The molecule has 0 aromatic heterocycles. The van der Waals surface area contributed by atoms with Crippen LogP contribution in [0, 0.1) is 0 Å². The topological polar surface area (TPSA) is 35.5 Å². The van der Waals surface area contributed by atoms with Gasteiger partial charge in [0.05, 0.1) is 0 Å². The van der Waals surface area contributed by atoms with Crippen LogP contribution in [0.4, 0.5) is 0 Å². The molecule has 0 spiro atoms. The van der Waals surface area contributed by atoms with E-state index in [-0.39, 0.29) is 11.9 Å². The summed E-state index contributed by atoms with van der Waals surface area (Å²) in [5.41, 5.74) is 1.17. The second-order valence-corrected chi connectivity index (χ2v) is 4.68. The molecule has 0 saturated heterocycles. The predicted molar refractivity (Wildman–Crippen MR) is 65.4 cm³/mol. The first-order valence-corrected chi connectivity index (χ1v) is 5.94. The summed E-state index contributed by atoms with van der Waals surface area (Å²) < 4.78 is 11.0. The lowest BCUT2D eigenvalue weighted by atomic mass is 9.89. The largest absolute Gasteiger partial charge is 0.486 e. The van der Waals surface area contributed by atoms with Crippen LogP contribution >= 0.6 is 0 Å². The molecule has 1 aromatic rings. The van der Waals surface area contributed by atoms with Crippen molar-refractivity contribution in [2.45, 2.75) is 38.4 Å². The number of methoxy groups -OCH3 is 1. The second kappa shape index (κ2) is 4.88. The molecule has 3 nitrogen and oxygen atoms in total. The van der Waals surface area contributed by atoms with Crippen LogP contribution in [0.2, 0.25) is 0 Å². The van der Waals surface area contributed by atoms with Crippen molar-refractivity contribution in [3.63, 3.8) is 0 Å². The number of hydrogen-bond acceptors (Lipinski definition) is 3. The van der Waals surface area contributed by atoms with Gasteiger partial charge in [0.15, 0.2) is 11.9 Å². The van der Waals surface area contributed by atoms with E-state index in [1.165, 1.54) is 5.56 Å². The maximum absolute atomic E-state index is 11.3. The van der Waals surface area contributed by atoms with Crippen molar-refractivity contribution in [2.24, 2.45) is 0 Å². The number of benzene rings is 1. The highest BCUT2D eigenvalue weighted by Crippen LogP contribution is 2.31. The zero-order valence-corrected chi connectivity index (χ0v) is 10.5. The summed E-state index contributed by atoms with van der Waals surface area (Å²) in [4.78, 5) is 11.3. The SMILES string of the molecule is COC1C(=O)CC1Oc1ccccc1C(C)C. The average molecular weight is 234 g/mol. The van der Waals surface area contributed by atoms with Gasteiger partial charge in [-0.05, 0) is 17.5 Å². The summed E-state index contributed by atoms with van der Waals surface area (Å²) in [7, 11) is 1.55. The second-order valence-electron chi connectivity index (χ2n) is 4.68. The third kappa shape index (κ3) is 2.34. The highest BCUT2D eigenvalue weighted by Gasteiger charge is 2.42. The maximum atomic E-state index is 11.3. The van der Waals surface area contributed by atoms with Crippen molar-refractivity contribution >= 4 is 5.78 Å². The number of ether oxygens (including phenoxy) is 2. The third-order valence-electron chi connectivity index (χ3n) is 3.13. The Hall–Kier alpha value is -1.35. The summed E-state index contributed by atoms with van der Waals surface area (Å²) >= 11 is 0. The Kier molecular flexibility index (Phi) is 3.48. The van der Waals surface area contributed by atoms with Gasteiger partial charge in [0.1, 0.15) is 11.9 Å². The molecule has 0 amide bonds. The maximum Gasteiger partial charge on any atom is 0.169 e. The summed E-state index contributed by atoms with van der Waals surface area (Å²) in [5, 5.41) is 0. The van der Waals surface area contributed by atoms with Gasteiger partial charge in [0, 0.05) is 13.5 Å². The van der Waals surface area contributed by atoms with Gasteiger partial charge in [0.25, 0.3) is 0 Å². The molecule has 1 aliphatic carbocycles. The normalized spacial score (nSPS) is 23.6. The summed E-state index contributed by atoms with van der Waals surface area (Å²) in [5.74, 6) is 1.39. The van der Waals surface area contributed by atoms with Crippen LogP contribution in [0.15, 0.2) is 24.3 Å². The Bertz CT molecular complexity index is 412. The van der Waals surface area contributed by atoms with Crippen molar-refractivity contribution in [1.82, 2.24) is 0 Å². The predicted octanol–water partition coefficient (Wildman–Crippen LogP) is 2.55. The van der Waals surface area contributed by atoms with Crippen LogP contribution in [0.5, 0.6) is 5.75 Å². The van der Waals surface area contributed by atoms with E-state index in [2.05, 4.69) is 19.9 Å². The first-order valence-electron chi connectivity index (χ1n) is 5.94. The summed E-state index contributed by atoms with van der Waals surface area (Å²) in [6.45, 7) is 4.25. The van der Waals surface area contributed by atoms with Crippen molar-refractivity contribution in [2.75, 3.05) is 7.11 Å². The van der Waals surface area contributed by atoms with Crippen LogP contribution in [0.1, 0.15) is 31.7 Å². The Morgan fingerprint density at radius 2 is 2.00 bits per heavy atom. The van der Waals surface area contributed by atoms with E-state index in [0.717, 1.165) is 5.75 Å². The van der Waals surface area contributed by atoms with E-state index in [4.69, 9.17) is 9.47 Å². The van der Waals surface area contributed by atoms with E-state index >= 15 is 0 Å². The lowest BCUT2D eigenvalue weighted by Crippen LogP contribution is -2.51. The molecule has 17 heavy (non-hydrogen) atoms. The Balaban J connectivity index is 2.11. The van der Waals surface area contributed by atoms with E-state index in [1.54, 1.807) is 7.11 Å². The molecule has 1 saturated carbocycles. The summed E-state index contributed by atoms with van der Waals surface area (Å²) in [6, 6.07) is 7.96. The number of Topliss-reactive ketones (excluding diaryl/α,β-unsaturated/α-hetero) is 1. The number of carbonyl (C=O) groups is 1. The Morgan fingerprint density at radius 1 is 1.29 bits per heavy atom. The van der Waals surface area contributed by atoms with E-state index in [9.17, 15) is 4.79 Å².